The number of phosphoric acid groups is 1. The zero-order chi connectivity index (χ0) is 47.3. The van der Waals surface area contributed by atoms with Crippen LogP contribution in [0.15, 0.2) is 97.2 Å². The number of carbonyl (C=O) groups excluding carboxylic acids is 2. The molecule has 0 heterocycles. The van der Waals surface area contributed by atoms with Gasteiger partial charge >= 0.3 is 19.8 Å². The highest BCUT2D eigenvalue weighted by molar-refractivity contribution is 7.47. The van der Waals surface area contributed by atoms with Crippen LogP contribution in [-0.4, -0.2) is 110 Å². The van der Waals surface area contributed by atoms with Gasteiger partial charge < -0.3 is 45.0 Å². The van der Waals surface area contributed by atoms with Crippen LogP contribution in [0.2, 0.25) is 0 Å². The van der Waals surface area contributed by atoms with Gasteiger partial charge in [0.05, 0.1) is 12.7 Å². The molecule has 0 bridgehead atoms. The average molecular weight is 923 g/mol. The predicted octanol–water partition coefficient (Wildman–Crippen LogP) is 8.02. The Labute approximate surface area is 382 Å². The van der Waals surface area contributed by atoms with Crippen molar-refractivity contribution in [2.24, 2.45) is 0 Å². The summed E-state index contributed by atoms with van der Waals surface area (Å²) in [6.07, 6.45) is 34.1. The Bertz CT molecular complexity index is 1500. The van der Waals surface area contributed by atoms with Crippen LogP contribution in [0.3, 0.4) is 0 Å². The van der Waals surface area contributed by atoms with E-state index < -0.39 is 81.8 Å². The van der Waals surface area contributed by atoms with Gasteiger partial charge in [-0.2, -0.15) is 0 Å². The Kier molecular flexibility index (Phi) is 34.8. The Hall–Kier alpha value is -3.27. The molecule has 0 amide bonds. The first-order valence-electron chi connectivity index (χ1n) is 23.1. The smallest absolute Gasteiger partial charge is 0.462 e. The van der Waals surface area contributed by atoms with Gasteiger partial charge in [0.1, 0.15) is 43.2 Å². The van der Waals surface area contributed by atoms with Crippen LogP contribution in [0.1, 0.15) is 136 Å². The van der Waals surface area contributed by atoms with E-state index in [4.69, 9.17) is 18.5 Å². The van der Waals surface area contributed by atoms with Crippen LogP contribution in [0.25, 0.3) is 0 Å². The molecule has 0 aromatic heterocycles. The number of rotatable bonds is 36. The molecule has 0 aromatic carbocycles. The molecule has 0 spiro atoms. The second-order valence-electron chi connectivity index (χ2n) is 15.7. The SMILES string of the molecule is CCCCC/C=C\C/C=C\C/C=C\CCCCCCC(=O)O[C@H](COC(=O)CCC/C=C\C/C=C\C/C=C\C/C=C\C=C\[C@@H](O)CC)COP(=O)(O)OC1[C@H](O)[C@H](O)C(O)[C@H](O)[C@H]1O. The summed E-state index contributed by atoms with van der Waals surface area (Å²) in [7, 11) is -5.15. The minimum absolute atomic E-state index is 0.0457. The van der Waals surface area contributed by atoms with E-state index in [-0.39, 0.29) is 12.8 Å². The van der Waals surface area contributed by atoms with Gasteiger partial charge in [0.2, 0.25) is 0 Å². The Balaban J connectivity index is 2.54. The Morgan fingerprint density at radius 3 is 1.58 bits per heavy atom. The Morgan fingerprint density at radius 1 is 0.562 bits per heavy atom. The molecule has 1 rings (SSSR count). The first-order chi connectivity index (χ1) is 30.8. The number of allylic oxidation sites excluding steroid dienone is 15. The normalized spacial score (nSPS) is 23.0. The van der Waals surface area contributed by atoms with E-state index in [0.29, 0.717) is 25.7 Å². The number of hydrogen-bond acceptors (Lipinski definition) is 13. The molecule has 14 nitrogen and oxygen atoms in total. The third-order valence-corrected chi connectivity index (χ3v) is 11.1. The standard InChI is InChI=1S/C49H79O14P/c1-3-5-6-7-8-9-10-11-12-13-14-19-22-25-28-31-34-37-43(52)62-41(39-61-64(58,59)63-49-47(56)45(54)44(53)46(55)48(49)57)38-60-42(51)36-33-30-27-24-21-18-16-15-17-20-23-26-29-32-35-40(50)4-2/h8-9,11-12,14,16-20,24,26-27,29,32,35,40-41,44-50,53-57H,3-7,10,13,15,21-23,25,28,30-31,33-34,36-39H2,1-2H3,(H,58,59)/b9-8-,12-11-,18-16-,19-14-,20-17-,27-24-,29-26-,35-32+/t40-,41+,44?,45-,46+,47+,48+,49?/m0/s1. The van der Waals surface area contributed by atoms with Gasteiger partial charge in [-0.25, -0.2) is 4.57 Å². The van der Waals surface area contributed by atoms with Crippen LogP contribution in [0.4, 0.5) is 0 Å². The molecule has 0 aliphatic heterocycles. The number of aliphatic hydroxyl groups is 6. The van der Waals surface area contributed by atoms with E-state index in [0.717, 1.165) is 64.2 Å². The largest absolute Gasteiger partial charge is 0.472 e. The lowest BCUT2D eigenvalue weighted by Gasteiger charge is -2.41. The number of esters is 2. The molecule has 9 atom stereocenters. The third kappa shape index (κ3) is 30.0. The van der Waals surface area contributed by atoms with Gasteiger partial charge in [-0.05, 0) is 83.5 Å². The van der Waals surface area contributed by atoms with Crippen molar-refractivity contribution >= 4 is 19.8 Å². The fourth-order valence-corrected chi connectivity index (χ4v) is 7.13. The highest BCUT2D eigenvalue weighted by Gasteiger charge is 2.51. The van der Waals surface area contributed by atoms with Crippen LogP contribution in [-0.2, 0) is 32.7 Å². The lowest BCUT2D eigenvalue weighted by molar-refractivity contribution is -0.220. The average Bonchev–Trinajstić information content (AvgIpc) is 3.28. The maximum absolute atomic E-state index is 12.8. The minimum atomic E-state index is -5.15. The lowest BCUT2D eigenvalue weighted by atomic mass is 9.85. The highest BCUT2D eigenvalue weighted by atomic mass is 31.2. The molecule has 3 unspecified atom stereocenters. The molecule has 1 saturated carbocycles. The molecule has 1 aliphatic rings. The molecule has 7 N–H and O–H groups in total. The van der Waals surface area contributed by atoms with Crippen molar-refractivity contribution in [3.05, 3.63) is 97.2 Å². The van der Waals surface area contributed by atoms with E-state index >= 15 is 0 Å². The van der Waals surface area contributed by atoms with Gasteiger partial charge in [0.15, 0.2) is 6.10 Å². The van der Waals surface area contributed by atoms with Crippen molar-refractivity contribution < 1.29 is 68.2 Å². The molecule has 64 heavy (non-hydrogen) atoms. The van der Waals surface area contributed by atoms with E-state index in [9.17, 15) is 49.7 Å². The fourth-order valence-electron chi connectivity index (χ4n) is 6.16. The van der Waals surface area contributed by atoms with Gasteiger partial charge in [-0.15, -0.1) is 0 Å². The second kappa shape index (κ2) is 37.9. The maximum atomic E-state index is 12.8. The highest BCUT2D eigenvalue weighted by Crippen LogP contribution is 2.47. The van der Waals surface area contributed by atoms with Gasteiger partial charge in [-0.3, -0.25) is 18.6 Å². The molecular formula is C49H79O14P. The van der Waals surface area contributed by atoms with Crippen LogP contribution in [0.5, 0.6) is 0 Å². The van der Waals surface area contributed by atoms with Crippen LogP contribution < -0.4 is 0 Å². The zero-order valence-electron chi connectivity index (χ0n) is 38.1. The third-order valence-electron chi connectivity index (χ3n) is 10.1. The van der Waals surface area contributed by atoms with E-state index in [2.05, 4.69) is 61.6 Å². The molecule has 1 aliphatic carbocycles. The number of carbonyl (C=O) groups is 2. The van der Waals surface area contributed by atoms with Crippen molar-refractivity contribution in [1.82, 2.24) is 0 Å². The number of ether oxygens (including phenoxy) is 2. The van der Waals surface area contributed by atoms with E-state index in [1.165, 1.54) is 19.3 Å². The molecule has 0 saturated heterocycles. The fraction of sp³-hybridized carbons (Fsp3) is 0.633. The summed E-state index contributed by atoms with van der Waals surface area (Å²) in [5, 5.41) is 59.6. The first kappa shape index (κ1) is 58.7. The topological polar surface area (TPSA) is 230 Å². The summed E-state index contributed by atoms with van der Waals surface area (Å²) in [6, 6.07) is 0. The summed E-state index contributed by atoms with van der Waals surface area (Å²) in [5.74, 6) is -1.22. The molecule has 1 fully saturated rings. The molecule has 15 heteroatoms. The second-order valence-corrected chi connectivity index (χ2v) is 17.1. The van der Waals surface area contributed by atoms with Crippen molar-refractivity contribution in [1.29, 1.82) is 0 Å². The number of hydrogen-bond donors (Lipinski definition) is 7. The summed E-state index contributed by atoms with van der Waals surface area (Å²) >= 11 is 0. The quantitative estimate of drug-likeness (QED) is 0.0104. The van der Waals surface area contributed by atoms with Crippen LogP contribution in [0, 0.1) is 0 Å². The lowest BCUT2D eigenvalue weighted by Crippen LogP contribution is -2.64. The molecule has 0 aromatic rings. The van der Waals surface area contributed by atoms with Crippen LogP contribution >= 0.6 is 7.82 Å². The van der Waals surface area contributed by atoms with Gasteiger partial charge in [0, 0.05) is 12.8 Å². The zero-order valence-corrected chi connectivity index (χ0v) is 39.0. The molecular weight excluding hydrogens is 843 g/mol. The predicted molar refractivity (Wildman–Crippen MR) is 250 cm³/mol. The van der Waals surface area contributed by atoms with Crippen molar-refractivity contribution in [2.45, 2.75) is 185 Å². The summed E-state index contributed by atoms with van der Waals surface area (Å²) in [4.78, 5) is 35.7. The van der Waals surface area contributed by atoms with Crippen molar-refractivity contribution in [3.8, 4) is 0 Å². The summed E-state index contributed by atoms with van der Waals surface area (Å²) in [5.41, 5.74) is 0. The van der Waals surface area contributed by atoms with Crippen molar-refractivity contribution in [2.75, 3.05) is 13.2 Å². The minimum Gasteiger partial charge on any atom is -0.462 e. The Morgan fingerprint density at radius 2 is 1.03 bits per heavy atom. The molecule has 0 radical (unpaired) electrons. The number of unbranched alkanes of at least 4 members (excludes halogenated alkanes) is 8. The number of aliphatic hydroxyl groups excluding tert-OH is 6. The number of phosphoric ester groups is 1. The molecule has 364 valence electrons. The van der Waals surface area contributed by atoms with Gasteiger partial charge in [-0.1, -0.05) is 137 Å². The monoisotopic (exact) mass is 923 g/mol. The maximum Gasteiger partial charge on any atom is 0.472 e. The summed E-state index contributed by atoms with van der Waals surface area (Å²) < 4.78 is 33.4. The van der Waals surface area contributed by atoms with E-state index in [1.807, 2.05) is 43.4 Å². The van der Waals surface area contributed by atoms with E-state index in [1.54, 1.807) is 6.08 Å². The van der Waals surface area contributed by atoms with Crippen molar-refractivity contribution in [3.63, 3.8) is 0 Å². The first-order valence-corrected chi connectivity index (χ1v) is 24.6. The van der Waals surface area contributed by atoms with Gasteiger partial charge in [0.25, 0.3) is 0 Å². The summed E-state index contributed by atoms with van der Waals surface area (Å²) in [6.45, 7) is 2.86.